The molecule has 6 heteroatoms. The Morgan fingerprint density at radius 2 is 1.81 bits per heavy atom. The molecule has 1 N–H and O–H groups in total. The van der Waals surface area contributed by atoms with Gasteiger partial charge in [0.2, 0.25) is 11.8 Å². The fourth-order valence-corrected chi connectivity index (χ4v) is 5.50. The highest BCUT2D eigenvalue weighted by molar-refractivity contribution is 5.86. The van der Waals surface area contributed by atoms with Gasteiger partial charge in [-0.1, -0.05) is 0 Å². The summed E-state index contributed by atoms with van der Waals surface area (Å²) in [6.45, 7) is 5.29. The highest BCUT2D eigenvalue weighted by Crippen LogP contribution is 2.42. The van der Waals surface area contributed by atoms with E-state index in [4.69, 9.17) is 0 Å². The molecule has 2 amide bonds. The molecular formula is C21H35N3O3. The Hall–Kier alpha value is -1.14. The Morgan fingerprint density at radius 3 is 2.48 bits per heavy atom. The van der Waals surface area contributed by atoms with Crippen LogP contribution in [0.2, 0.25) is 0 Å². The summed E-state index contributed by atoms with van der Waals surface area (Å²) >= 11 is 0. The number of amides is 2. The van der Waals surface area contributed by atoms with E-state index in [1.807, 2.05) is 4.90 Å². The maximum atomic E-state index is 13.3. The molecular weight excluding hydrogens is 342 g/mol. The zero-order valence-electron chi connectivity index (χ0n) is 16.8. The van der Waals surface area contributed by atoms with Crippen molar-refractivity contribution in [1.29, 1.82) is 0 Å². The third kappa shape index (κ3) is 3.88. The molecule has 0 bridgehead atoms. The van der Waals surface area contributed by atoms with Gasteiger partial charge in [-0.05, 0) is 77.4 Å². The minimum Gasteiger partial charge on any atom is -0.389 e. The Kier molecular flexibility index (Phi) is 5.23. The fourth-order valence-electron chi connectivity index (χ4n) is 5.50. The lowest BCUT2D eigenvalue weighted by Crippen LogP contribution is -2.52. The molecule has 3 heterocycles. The first-order valence-electron chi connectivity index (χ1n) is 10.9. The molecule has 27 heavy (non-hydrogen) atoms. The molecule has 152 valence electrons. The number of carbonyl (C=O) groups is 2. The van der Waals surface area contributed by atoms with Crippen molar-refractivity contribution in [3.05, 3.63) is 0 Å². The summed E-state index contributed by atoms with van der Waals surface area (Å²) in [5.74, 6) is 0.939. The van der Waals surface area contributed by atoms with Gasteiger partial charge in [-0.2, -0.15) is 0 Å². The molecule has 4 aliphatic rings. The lowest BCUT2D eigenvalue weighted by atomic mass is 9.76. The van der Waals surface area contributed by atoms with E-state index >= 15 is 0 Å². The van der Waals surface area contributed by atoms with E-state index in [-0.39, 0.29) is 23.7 Å². The van der Waals surface area contributed by atoms with Crippen LogP contribution in [0, 0.1) is 11.3 Å². The van der Waals surface area contributed by atoms with Gasteiger partial charge in [-0.3, -0.25) is 9.59 Å². The average molecular weight is 378 g/mol. The topological polar surface area (TPSA) is 64.1 Å². The van der Waals surface area contributed by atoms with Crippen LogP contribution in [-0.4, -0.2) is 83.5 Å². The van der Waals surface area contributed by atoms with Crippen LogP contribution in [0.1, 0.15) is 57.8 Å². The van der Waals surface area contributed by atoms with Gasteiger partial charge in [0.15, 0.2) is 0 Å². The summed E-state index contributed by atoms with van der Waals surface area (Å²) in [5.41, 5.74) is -1.14. The molecule has 6 nitrogen and oxygen atoms in total. The minimum atomic E-state index is -0.776. The second kappa shape index (κ2) is 7.36. The van der Waals surface area contributed by atoms with Crippen LogP contribution in [0.15, 0.2) is 0 Å². The number of carbonyl (C=O) groups excluding carboxylic acids is 2. The molecule has 4 rings (SSSR count). The van der Waals surface area contributed by atoms with Gasteiger partial charge >= 0.3 is 0 Å². The van der Waals surface area contributed by atoms with Crippen molar-refractivity contribution in [1.82, 2.24) is 14.7 Å². The van der Waals surface area contributed by atoms with E-state index in [0.29, 0.717) is 12.5 Å². The molecule has 4 fully saturated rings. The molecule has 1 aliphatic carbocycles. The molecule has 3 saturated heterocycles. The van der Waals surface area contributed by atoms with Crippen LogP contribution >= 0.6 is 0 Å². The highest BCUT2D eigenvalue weighted by atomic mass is 16.3. The summed E-state index contributed by atoms with van der Waals surface area (Å²) in [6.07, 6.45) is 7.76. The largest absolute Gasteiger partial charge is 0.389 e. The van der Waals surface area contributed by atoms with E-state index < -0.39 is 5.60 Å². The lowest BCUT2D eigenvalue weighted by Gasteiger charge is -2.42. The first-order valence-corrected chi connectivity index (χ1v) is 10.9. The number of hydrogen-bond donors (Lipinski definition) is 1. The smallest absolute Gasteiger partial charge is 0.230 e. The summed E-state index contributed by atoms with van der Waals surface area (Å²) in [6, 6.07) is 0. The zero-order chi connectivity index (χ0) is 19.1. The van der Waals surface area contributed by atoms with Gasteiger partial charge in [0.25, 0.3) is 0 Å². The van der Waals surface area contributed by atoms with Crippen molar-refractivity contribution in [2.75, 3.05) is 46.3 Å². The van der Waals surface area contributed by atoms with Gasteiger partial charge in [0.05, 0.1) is 17.4 Å². The number of nitrogens with zero attached hydrogens (tertiary/aromatic N) is 3. The van der Waals surface area contributed by atoms with Crippen LogP contribution in [0.5, 0.6) is 0 Å². The predicted octanol–water partition coefficient (Wildman–Crippen LogP) is 1.47. The van der Waals surface area contributed by atoms with Crippen LogP contribution in [-0.2, 0) is 9.59 Å². The Labute approximate surface area is 162 Å². The summed E-state index contributed by atoms with van der Waals surface area (Å²) in [7, 11) is 2.17. The molecule has 0 aromatic heterocycles. The standard InChI is InChI=1S/C21H35N3O3/c1-22-11-4-17(5-12-22)15-23-13-9-20(19(23)26)6-3-10-24(16-20)18(25)14-21(27)7-2-8-21/h17,27H,2-16H2,1H3. The zero-order valence-corrected chi connectivity index (χ0v) is 16.8. The maximum absolute atomic E-state index is 13.3. The Bertz CT molecular complexity index is 583. The van der Waals surface area contributed by atoms with Crippen LogP contribution in [0.4, 0.5) is 0 Å². The van der Waals surface area contributed by atoms with E-state index in [2.05, 4.69) is 16.8 Å². The van der Waals surface area contributed by atoms with Gasteiger partial charge in [0, 0.05) is 26.2 Å². The number of hydrogen-bond acceptors (Lipinski definition) is 4. The van der Waals surface area contributed by atoms with Crippen molar-refractivity contribution in [2.24, 2.45) is 11.3 Å². The highest BCUT2D eigenvalue weighted by Gasteiger charge is 2.50. The maximum Gasteiger partial charge on any atom is 0.230 e. The first-order chi connectivity index (χ1) is 12.9. The Balaban J connectivity index is 1.35. The minimum absolute atomic E-state index is 0.0397. The van der Waals surface area contributed by atoms with Crippen molar-refractivity contribution in [2.45, 2.75) is 63.4 Å². The molecule has 0 radical (unpaired) electrons. The third-order valence-electron chi connectivity index (χ3n) is 7.61. The average Bonchev–Trinajstić information content (AvgIpc) is 2.92. The number of aliphatic hydroxyl groups is 1. The quantitative estimate of drug-likeness (QED) is 0.806. The number of rotatable bonds is 4. The van der Waals surface area contributed by atoms with Gasteiger partial charge in [0.1, 0.15) is 0 Å². The van der Waals surface area contributed by atoms with E-state index in [1.165, 1.54) is 12.8 Å². The Morgan fingerprint density at radius 1 is 1.07 bits per heavy atom. The first kappa shape index (κ1) is 19.2. The van der Waals surface area contributed by atoms with E-state index in [1.54, 1.807) is 0 Å². The molecule has 3 aliphatic heterocycles. The van der Waals surface area contributed by atoms with Crippen molar-refractivity contribution in [3.8, 4) is 0 Å². The molecule has 1 saturated carbocycles. The van der Waals surface area contributed by atoms with Crippen molar-refractivity contribution < 1.29 is 14.7 Å². The van der Waals surface area contributed by atoms with Crippen LogP contribution in [0.25, 0.3) is 0 Å². The molecule has 1 spiro atoms. The second-order valence-corrected chi connectivity index (χ2v) is 9.70. The van der Waals surface area contributed by atoms with Crippen molar-refractivity contribution >= 4 is 11.8 Å². The summed E-state index contributed by atoms with van der Waals surface area (Å²) < 4.78 is 0. The summed E-state index contributed by atoms with van der Waals surface area (Å²) in [5, 5.41) is 10.3. The molecule has 0 aromatic rings. The lowest BCUT2D eigenvalue weighted by molar-refractivity contribution is -0.148. The van der Waals surface area contributed by atoms with Gasteiger partial charge in [-0.15, -0.1) is 0 Å². The molecule has 1 atom stereocenters. The molecule has 0 aromatic carbocycles. The van der Waals surface area contributed by atoms with Crippen LogP contribution in [0.3, 0.4) is 0 Å². The van der Waals surface area contributed by atoms with Gasteiger partial charge < -0.3 is 19.8 Å². The fraction of sp³-hybridized carbons (Fsp3) is 0.905. The van der Waals surface area contributed by atoms with Gasteiger partial charge in [-0.25, -0.2) is 0 Å². The van der Waals surface area contributed by atoms with Crippen LogP contribution < -0.4 is 0 Å². The second-order valence-electron chi connectivity index (χ2n) is 9.70. The van der Waals surface area contributed by atoms with Crippen molar-refractivity contribution in [3.63, 3.8) is 0 Å². The number of piperidine rings is 2. The van der Waals surface area contributed by atoms with E-state index in [0.717, 1.165) is 71.2 Å². The molecule has 1 unspecified atom stereocenters. The summed E-state index contributed by atoms with van der Waals surface area (Å²) in [4.78, 5) is 32.3. The predicted molar refractivity (Wildman–Crippen MR) is 103 cm³/mol. The SMILES string of the molecule is CN1CCC(CN2CCC3(CCCN(C(=O)CC4(O)CCC4)C3)C2=O)CC1. The third-order valence-corrected chi connectivity index (χ3v) is 7.61. The normalized spacial score (nSPS) is 32.1. The number of likely N-dealkylation sites (tertiary alicyclic amines) is 3. The monoisotopic (exact) mass is 377 g/mol. The van der Waals surface area contributed by atoms with E-state index in [9.17, 15) is 14.7 Å².